The second-order valence-electron chi connectivity index (χ2n) is 8.69. The van der Waals surface area contributed by atoms with Crippen molar-refractivity contribution in [3.8, 4) is 6.07 Å². The molecule has 2 amide bonds. The van der Waals surface area contributed by atoms with Gasteiger partial charge in [0.2, 0.25) is 5.91 Å². The van der Waals surface area contributed by atoms with Gasteiger partial charge in [0.1, 0.15) is 17.7 Å². The van der Waals surface area contributed by atoms with Crippen molar-refractivity contribution in [3.63, 3.8) is 0 Å². The monoisotopic (exact) mass is 447 g/mol. The van der Waals surface area contributed by atoms with Crippen molar-refractivity contribution >= 4 is 29.1 Å². The third-order valence-electron chi connectivity index (χ3n) is 6.44. The SMILES string of the molecule is CNC(=O)[C@H]1CC[C@H](NC(=O)c2cnc(Nc3ccc(C#N)cn3)cc2NC2CCC2)CC1. The van der Waals surface area contributed by atoms with E-state index in [1.165, 1.54) is 12.6 Å². The smallest absolute Gasteiger partial charge is 0.255 e. The van der Waals surface area contributed by atoms with Gasteiger partial charge < -0.3 is 21.3 Å². The molecule has 0 unspecified atom stereocenters. The van der Waals surface area contributed by atoms with Crippen molar-refractivity contribution in [3.05, 3.63) is 41.7 Å². The molecular weight excluding hydrogens is 418 g/mol. The molecule has 0 spiro atoms. The number of pyridine rings is 2. The standard InChI is InChI=1S/C24H29N7O2/c1-26-23(32)16-6-8-18(9-7-16)30-24(33)19-14-28-22(11-20(19)29-17-3-2-4-17)31-21-10-5-15(12-25)13-27-21/h5,10-11,13-14,16-18H,2-4,6-9H2,1H3,(H,26,32)(H,30,33)(H2,27,28,29,31)/t16-,18-. The van der Waals surface area contributed by atoms with Crippen LogP contribution < -0.4 is 21.3 Å². The molecule has 2 fully saturated rings. The Hall–Kier alpha value is -3.67. The second-order valence-corrected chi connectivity index (χ2v) is 8.69. The quantitative estimate of drug-likeness (QED) is 0.513. The van der Waals surface area contributed by atoms with Crippen LogP contribution in [0.2, 0.25) is 0 Å². The van der Waals surface area contributed by atoms with Gasteiger partial charge in [-0.15, -0.1) is 0 Å². The van der Waals surface area contributed by atoms with E-state index in [0.717, 1.165) is 44.2 Å². The van der Waals surface area contributed by atoms with Crippen LogP contribution in [0.3, 0.4) is 0 Å². The number of rotatable bonds is 7. The molecule has 0 bridgehead atoms. The van der Waals surface area contributed by atoms with Crippen LogP contribution in [-0.4, -0.2) is 40.9 Å². The van der Waals surface area contributed by atoms with Crippen LogP contribution in [0.15, 0.2) is 30.6 Å². The van der Waals surface area contributed by atoms with Gasteiger partial charge in [-0.25, -0.2) is 9.97 Å². The number of carbonyl (C=O) groups excluding carboxylic acids is 2. The Kier molecular flexibility index (Phi) is 7.03. The van der Waals surface area contributed by atoms with Crippen LogP contribution in [0.5, 0.6) is 0 Å². The first-order valence-corrected chi connectivity index (χ1v) is 11.5. The third-order valence-corrected chi connectivity index (χ3v) is 6.44. The van der Waals surface area contributed by atoms with Crippen LogP contribution >= 0.6 is 0 Å². The van der Waals surface area contributed by atoms with E-state index in [9.17, 15) is 9.59 Å². The van der Waals surface area contributed by atoms with E-state index in [2.05, 4.69) is 31.2 Å². The topological polar surface area (TPSA) is 132 Å². The van der Waals surface area contributed by atoms with Crippen LogP contribution in [-0.2, 0) is 4.79 Å². The van der Waals surface area contributed by atoms with Gasteiger partial charge in [0, 0.05) is 43.5 Å². The summed E-state index contributed by atoms with van der Waals surface area (Å²) >= 11 is 0. The minimum absolute atomic E-state index is 0.0295. The number of nitrogens with one attached hydrogen (secondary N) is 4. The molecule has 0 saturated heterocycles. The predicted octanol–water partition coefficient (Wildman–Crippen LogP) is 3.09. The van der Waals surface area contributed by atoms with Crippen molar-refractivity contribution in [2.75, 3.05) is 17.7 Å². The maximum atomic E-state index is 13.1. The molecule has 33 heavy (non-hydrogen) atoms. The molecule has 2 aliphatic rings. The summed E-state index contributed by atoms with van der Waals surface area (Å²) in [6, 6.07) is 7.68. The zero-order chi connectivity index (χ0) is 23.2. The number of nitrogens with zero attached hydrogens (tertiary/aromatic N) is 3. The molecule has 9 heteroatoms. The first-order chi connectivity index (χ1) is 16.1. The summed E-state index contributed by atoms with van der Waals surface area (Å²) in [5.41, 5.74) is 1.73. The highest BCUT2D eigenvalue weighted by molar-refractivity contribution is 6.00. The first kappa shape index (κ1) is 22.5. The molecule has 172 valence electrons. The van der Waals surface area contributed by atoms with Crippen molar-refractivity contribution in [2.24, 2.45) is 5.92 Å². The Morgan fingerprint density at radius 2 is 1.76 bits per heavy atom. The van der Waals surface area contributed by atoms with E-state index < -0.39 is 0 Å². The lowest BCUT2D eigenvalue weighted by Crippen LogP contribution is -2.40. The molecule has 0 atom stereocenters. The average Bonchev–Trinajstić information content (AvgIpc) is 2.82. The van der Waals surface area contributed by atoms with Gasteiger partial charge in [-0.2, -0.15) is 5.26 Å². The number of hydrogen-bond acceptors (Lipinski definition) is 7. The lowest BCUT2D eigenvalue weighted by molar-refractivity contribution is -0.125. The van der Waals surface area contributed by atoms with Crippen molar-refractivity contribution < 1.29 is 9.59 Å². The van der Waals surface area contributed by atoms with Crippen LogP contribution in [0.25, 0.3) is 0 Å². The van der Waals surface area contributed by atoms with Crippen molar-refractivity contribution in [1.82, 2.24) is 20.6 Å². The fourth-order valence-electron chi connectivity index (χ4n) is 4.23. The van der Waals surface area contributed by atoms with E-state index in [0.29, 0.717) is 28.8 Å². The molecule has 2 aliphatic carbocycles. The minimum atomic E-state index is -0.157. The summed E-state index contributed by atoms with van der Waals surface area (Å²) in [7, 11) is 1.66. The maximum absolute atomic E-state index is 13.1. The van der Waals surface area contributed by atoms with Crippen LogP contribution in [0.1, 0.15) is 60.9 Å². The van der Waals surface area contributed by atoms with Gasteiger partial charge in [-0.3, -0.25) is 9.59 Å². The van der Waals surface area contributed by atoms with E-state index in [-0.39, 0.29) is 23.8 Å². The fourth-order valence-corrected chi connectivity index (χ4v) is 4.23. The number of aromatic nitrogens is 2. The Labute approximate surface area is 193 Å². The summed E-state index contributed by atoms with van der Waals surface area (Å²) in [6.45, 7) is 0. The second kappa shape index (κ2) is 10.3. The third kappa shape index (κ3) is 5.58. The van der Waals surface area contributed by atoms with Crippen LogP contribution in [0.4, 0.5) is 17.3 Å². The summed E-state index contributed by atoms with van der Waals surface area (Å²) in [4.78, 5) is 33.6. The molecule has 0 aromatic carbocycles. The Morgan fingerprint density at radius 1 is 1.00 bits per heavy atom. The van der Waals surface area contributed by atoms with E-state index in [1.807, 2.05) is 12.1 Å². The van der Waals surface area contributed by atoms with Crippen molar-refractivity contribution in [2.45, 2.75) is 57.0 Å². The summed E-state index contributed by atoms with van der Waals surface area (Å²) in [6.07, 6.45) is 9.53. The molecular formula is C24H29N7O2. The number of hydrogen-bond donors (Lipinski definition) is 4. The maximum Gasteiger partial charge on any atom is 0.255 e. The zero-order valence-electron chi connectivity index (χ0n) is 18.7. The summed E-state index contributed by atoms with van der Waals surface area (Å²) < 4.78 is 0. The summed E-state index contributed by atoms with van der Waals surface area (Å²) in [5, 5.41) is 21.4. The molecule has 2 aromatic heterocycles. The van der Waals surface area contributed by atoms with Gasteiger partial charge in [-0.1, -0.05) is 0 Å². The summed E-state index contributed by atoms with van der Waals surface area (Å²) in [5.74, 6) is 1.09. The number of anilines is 3. The van der Waals surface area contributed by atoms with Gasteiger partial charge >= 0.3 is 0 Å². The molecule has 2 aromatic rings. The van der Waals surface area contributed by atoms with E-state index >= 15 is 0 Å². The van der Waals surface area contributed by atoms with Crippen LogP contribution in [0, 0.1) is 17.2 Å². The number of nitriles is 1. The molecule has 2 saturated carbocycles. The Balaban J connectivity index is 1.45. The molecule has 2 heterocycles. The molecule has 4 rings (SSSR count). The van der Waals surface area contributed by atoms with Gasteiger partial charge in [0.15, 0.2) is 0 Å². The van der Waals surface area contributed by atoms with Gasteiger partial charge in [0.05, 0.1) is 16.8 Å². The van der Waals surface area contributed by atoms with Gasteiger partial charge in [0.25, 0.3) is 5.91 Å². The Morgan fingerprint density at radius 3 is 2.36 bits per heavy atom. The largest absolute Gasteiger partial charge is 0.382 e. The highest BCUT2D eigenvalue weighted by Gasteiger charge is 2.28. The molecule has 0 aliphatic heterocycles. The molecule has 4 N–H and O–H groups in total. The van der Waals surface area contributed by atoms with E-state index in [1.54, 1.807) is 25.4 Å². The van der Waals surface area contributed by atoms with E-state index in [4.69, 9.17) is 5.26 Å². The fraction of sp³-hybridized carbons (Fsp3) is 0.458. The lowest BCUT2D eigenvalue weighted by atomic mass is 9.85. The average molecular weight is 448 g/mol. The highest BCUT2D eigenvalue weighted by Crippen LogP contribution is 2.29. The minimum Gasteiger partial charge on any atom is -0.382 e. The Bertz CT molecular complexity index is 1040. The highest BCUT2D eigenvalue weighted by atomic mass is 16.2. The molecule has 0 radical (unpaired) electrons. The molecule has 9 nitrogen and oxygen atoms in total. The number of carbonyl (C=O) groups is 2. The normalized spacial score (nSPS) is 20.1. The lowest BCUT2D eigenvalue weighted by Gasteiger charge is -2.30. The predicted molar refractivity (Wildman–Crippen MR) is 125 cm³/mol. The van der Waals surface area contributed by atoms with Crippen molar-refractivity contribution in [1.29, 1.82) is 5.26 Å². The number of amides is 2. The van der Waals surface area contributed by atoms with Gasteiger partial charge in [-0.05, 0) is 57.1 Å². The first-order valence-electron chi connectivity index (χ1n) is 11.5. The zero-order valence-corrected chi connectivity index (χ0v) is 18.7.